The number of nitrogens with one attached hydrogen (secondary N) is 2. The molecule has 0 radical (unpaired) electrons. The highest BCUT2D eigenvalue weighted by molar-refractivity contribution is 5.99. The SMILES string of the molecule is O=C(NCc1cccc(N2CCOCC2)n1)c1cccc(C(=O)NC2CC2)c1. The lowest BCUT2D eigenvalue weighted by Crippen LogP contribution is -2.37. The van der Waals surface area contributed by atoms with Gasteiger partial charge in [0.05, 0.1) is 25.5 Å². The summed E-state index contributed by atoms with van der Waals surface area (Å²) in [4.78, 5) is 31.5. The molecule has 1 saturated heterocycles. The van der Waals surface area contributed by atoms with Gasteiger partial charge in [-0.2, -0.15) is 0 Å². The highest BCUT2D eigenvalue weighted by Gasteiger charge is 2.24. The molecule has 2 aromatic rings. The van der Waals surface area contributed by atoms with Crippen LogP contribution in [0.4, 0.5) is 5.82 Å². The number of pyridine rings is 1. The maximum Gasteiger partial charge on any atom is 0.251 e. The highest BCUT2D eigenvalue weighted by atomic mass is 16.5. The second kappa shape index (κ2) is 8.39. The molecule has 0 unspecified atom stereocenters. The average molecular weight is 380 g/mol. The number of nitrogens with zero attached hydrogens (tertiary/aromatic N) is 2. The minimum Gasteiger partial charge on any atom is -0.378 e. The van der Waals surface area contributed by atoms with E-state index in [1.807, 2.05) is 18.2 Å². The van der Waals surface area contributed by atoms with E-state index in [9.17, 15) is 9.59 Å². The third-order valence-electron chi connectivity index (χ3n) is 4.86. The van der Waals surface area contributed by atoms with E-state index in [1.54, 1.807) is 24.3 Å². The molecule has 1 aliphatic carbocycles. The largest absolute Gasteiger partial charge is 0.378 e. The number of carbonyl (C=O) groups excluding carboxylic acids is 2. The highest BCUT2D eigenvalue weighted by Crippen LogP contribution is 2.19. The lowest BCUT2D eigenvalue weighted by atomic mass is 10.1. The Hall–Kier alpha value is -2.93. The van der Waals surface area contributed by atoms with E-state index in [0.29, 0.717) is 30.9 Å². The third-order valence-corrected chi connectivity index (χ3v) is 4.86. The molecule has 2 fully saturated rings. The molecule has 0 atom stereocenters. The van der Waals surface area contributed by atoms with E-state index in [4.69, 9.17) is 4.74 Å². The van der Waals surface area contributed by atoms with Gasteiger partial charge < -0.3 is 20.3 Å². The van der Waals surface area contributed by atoms with Gasteiger partial charge in [0.1, 0.15) is 5.82 Å². The molecule has 7 nitrogen and oxygen atoms in total. The first-order valence-electron chi connectivity index (χ1n) is 9.67. The summed E-state index contributed by atoms with van der Waals surface area (Å²) in [7, 11) is 0. The molecular formula is C21H24N4O3. The molecule has 146 valence electrons. The second-order valence-electron chi connectivity index (χ2n) is 7.10. The Morgan fingerprint density at radius 2 is 1.75 bits per heavy atom. The maximum atomic E-state index is 12.5. The van der Waals surface area contributed by atoms with Crippen molar-refractivity contribution in [2.75, 3.05) is 31.2 Å². The zero-order valence-corrected chi connectivity index (χ0v) is 15.7. The molecule has 2 amide bonds. The fourth-order valence-electron chi connectivity index (χ4n) is 3.10. The van der Waals surface area contributed by atoms with Crippen molar-refractivity contribution in [1.29, 1.82) is 0 Å². The van der Waals surface area contributed by atoms with Crippen molar-refractivity contribution < 1.29 is 14.3 Å². The maximum absolute atomic E-state index is 12.5. The van der Waals surface area contributed by atoms with Crippen LogP contribution >= 0.6 is 0 Å². The lowest BCUT2D eigenvalue weighted by molar-refractivity contribution is 0.0950. The third kappa shape index (κ3) is 4.67. The Bertz CT molecular complexity index is 860. The van der Waals surface area contributed by atoms with Crippen LogP contribution in [0.3, 0.4) is 0 Å². The number of anilines is 1. The molecule has 7 heteroatoms. The van der Waals surface area contributed by atoms with Crippen molar-refractivity contribution in [1.82, 2.24) is 15.6 Å². The van der Waals surface area contributed by atoms with Crippen LogP contribution in [0.2, 0.25) is 0 Å². The smallest absolute Gasteiger partial charge is 0.251 e. The monoisotopic (exact) mass is 380 g/mol. The standard InChI is InChI=1S/C21H24N4O3/c26-20(15-3-1-4-16(13-15)21(27)24-17-7-8-17)22-14-18-5-2-6-19(23-18)25-9-11-28-12-10-25/h1-6,13,17H,7-12,14H2,(H,22,26)(H,24,27). The minimum absolute atomic E-state index is 0.128. The van der Waals surface area contributed by atoms with Crippen LogP contribution in [-0.2, 0) is 11.3 Å². The van der Waals surface area contributed by atoms with Gasteiger partial charge in [0.25, 0.3) is 11.8 Å². The van der Waals surface area contributed by atoms with Crippen molar-refractivity contribution in [3.8, 4) is 0 Å². The lowest BCUT2D eigenvalue weighted by Gasteiger charge is -2.28. The molecule has 1 aromatic heterocycles. The first-order valence-corrected chi connectivity index (χ1v) is 9.67. The average Bonchev–Trinajstić information content (AvgIpc) is 3.57. The molecule has 28 heavy (non-hydrogen) atoms. The zero-order chi connectivity index (χ0) is 19.3. The Labute approximate surface area is 164 Å². The molecule has 0 bridgehead atoms. The van der Waals surface area contributed by atoms with Crippen LogP contribution < -0.4 is 15.5 Å². The fraction of sp³-hybridized carbons (Fsp3) is 0.381. The number of hydrogen-bond donors (Lipinski definition) is 2. The summed E-state index contributed by atoms with van der Waals surface area (Å²) < 4.78 is 5.38. The topological polar surface area (TPSA) is 83.6 Å². The van der Waals surface area contributed by atoms with Gasteiger partial charge in [-0.05, 0) is 43.2 Å². The van der Waals surface area contributed by atoms with Crippen LogP contribution in [0.25, 0.3) is 0 Å². The molecular weight excluding hydrogens is 356 g/mol. The van der Waals surface area contributed by atoms with Gasteiger partial charge in [0.15, 0.2) is 0 Å². The summed E-state index contributed by atoms with van der Waals surface area (Å²) in [6.45, 7) is 3.37. The Kier molecular flexibility index (Phi) is 5.53. The molecule has 2 N–H and O–H groups in total. The van der Waals surface area contributed by atoms with Gasteiger partial charge in [0, 0.05) is 30.3 Å². The molecule has 2 aliphatic rings. The van der Waals surface area contributed by atoms with E-state index in [2.05, 4.69) is 20.5 Å². The van der Waals surface area contributed by atoms with E-state index in [-0.39, 0.29) is 17.9 Å². The molecule has 1 aliphatic heterocycles. The van der Waals surface area contributed by atoms with Gasteiger partial charge >= 0.3 is 0 Å². The quantitative estimate of drug-likeness (QED) is 0.798. The predicted molar refractivity (Wildman–Crippen MR) is 105 cm³/mol. The van der Waals surface area contributed by atoms with Gasteiger partial charge in [-0.25, -0.2) is 4.98 Å². The minimum atomic E-state index is -0.223. The predicted octanol–water partition coefficient (Wildman–Crippen LogP) is 1.74. The van der Waals surface area contributed by atoms with Crippen molar-refractivity contribution in [2.24, 2.45) is 0 Å². The van der Waals surface area contributed by atoms with E-state index >= 15 is 0 Å². The summed E-state index contributed by atoms with van der Waals surface area (Å²) in [5.74, 6) is 0.547. The van der Waals surface area contributed by atoms with Crippen molar-refractivity contribution in [2.45, 2.75) is 25.4 Å². The molecule has 0 spiro atoms. The summed E-state index contributed by atoms with van der Waals surface area (Å²) in [6, 6.07) is 12.9. The number of amides is 2. The van der Waals surface area contributed by atoms with E-state index in [1.165, 1.54) is 0 Å². The molecule has 1 aromatic carbocycles. The summed E-state index contributed by atoms with van der Waals surface area (Å²) in [5, 5.41) is 5.83. The van der Waals surface area contributed by atoms with Crippen molar-refractivity contribution >= 4 is 17.6 Å². The molecule has 2 heterocycles. The first-order chi connectivity index (χ1) is 13.7. The zero-order valence-electron chi connectivity index (χ0n) is 15.7. The van der Waals surface area contributed by atoms with Gasteiger partial charge in [-0.15, -0.1) is 0 Å². The normalized spacial score (nSPS) is 16.5. The number of ether oxygens (including phenoxy) is 1. The van der Waals surface area contributed by atoms with E-state index < -0.39 is 0 Å². The first kappa shape index (κ1) is 18.4. The van der Waals surface area contributed by atoms with E-state index in [0.717, 1.165) is 37.4 Å². The number of benzene rings is 1. The fourth-order valence-corrected chi connectivity index (χ4v) is 3.10. The Morgan fingerprint density at radius 3 is 2.50 bits per heavy atom. The number of aromatic nitrogens is 1. The number of carbonyl (C=O) groups is 2. The van der Waals surface area contributed by atoms with Crippen LogP contribution in [0.5, 0.6) is 0 Å². The van der Waals surface area contributed by atoms with Crippen LogP contribution in [-0.4, -0.2) is 49.1 Å². The van der Waals surface area contributed by atoms with Crippen LogP contribution in [0.1, 0.15) is 39.3 Å². The number of morpholine rings is 1. The van der Waals surface area contributed by atoms with Crippen molar-refractivity contribution in [3.63, 3.8) is 0 Å². The number of rotatable bonds is 6. The Balaban J connectivity index is 1.37. The van der Waals surface area contributed by atoms with Crippen molar-refractivity contribution in [3.05, 3.63) is 59.3 Å². The summed E-state index contributed by atoms with van der Waals surface area (Å²) >= 11 is 0. The summed E-state index contributed by atoms with van der Waals surface area (Å²) in [5.41, 5.74) is 1.76. The van der Waals surface area contributed by atoms with Gasteiger partial charge in [-0.1, -0.05) is 12.1 Å². The Morgan fingerprint density at radius 1 is 1.04 bits per heavy atom. The second-order valence-corrected chi connectivity index (χ2v) is 7.10. The van der Waals surface area contributed by atoms with Gasteiger partial charge in [-0.3, -0.25) is 9.59 Å². The van der Waals surface area contributed by atoms with Crippen LogP contribution in [0, 0.1) is 0 Å². The van der Waals surface area contributed by atoms with Gasteiger partial charge in [0.2, 0.25) is 0 Å². The summed E-state index contributed by atoms with van der Waals surface area (Å²) in [6.07, 6.45) is 2.06. The molecule has 4 rings (SSSR count). The number of hydrogen-bond acceptors (Lipinski definition) is 5. The van der Waals surface area contributed by atoms with Crippen LogP contribution in [0.15, 0.2) is 42.5 Å². The molecule has 1 saturated carbocycles.